The summed E-state index contributed by atoms with van der Waals surface area (Å²) < 4.78 is 9.30. The number of hydrogen-bond acceptors (Lipinski definition) is 3. The first-order chi connectivity index (χ1) is 16.9. The maximum absolute atomic E-state index is 12.9. The number of carbonyl (C=O) groups excluding carboxylic acids is 1. The lowest BCUT2D eigenvalue weighted by Gasteiger charge is -2.18. The van der Waals surface area contributed by atoms with E-state index in [4.69, 9.17) is 21.3 Å². The molecular formula is C28H27BrClN3O2. The van der Waals surface area contributed by atoms with Gasteiger partial charge in [0.1, 0.15) is 11.6 Å². The molecule has 0 radical (unpaired) electrons. The number of aryl methyl sites for hydroxylation is 3. The highest BCUT2D eigenvalue weighted by Gasteiger charge is 2.34. The minimum atomic E-state index is 0.0426. The number of rotatable bonds is 7. The lowest BCUT2D eigenvalue weighted by Crippen LogP contribution is -2.24. The number of carbonyl (C=O) groups is 1. The molecule has 0 saturated carbocycles. The van der Waals surface area contributed by atoms with Crippen LogP contribution < -0.4 is 9.64 Å². The number of aromatic nitrogens is 2. The van der Waals surface area contributed by atoms with Gasteiger partial charge >= 0.3 is 0 Å². The molecule has 2 heterocycles. The molecule has 0 N–H and O–H groups in total. The number of amides is 1. The molecule has 0 aliphatic carbocycles. The van der Waals surface area contributed by atoms with Gasteiger partial charge in [-0.25, -0.2) is 4.98 Å². The third-order valence-corrected chi connectivity index (χ3v) is 7.64. The second-order valence-electron chi connectivity index (χ2n) is 9.07. The SMILES string of the molecule is Cc1cc(OCCCn2c(C3CC(=O)N(c4ccc(Br)cc4)C3)nc3ccccc32)cc(C)c1Cl. The van der Waals surface area contributed by atoms with E-state index in [1.165, 1.54) is 0 Å². The van der Waals surface area contributed by atoms with E-state index in [0.717, 1.165) is 61.9 Å². The average Bonchev–Trinajstić information content (AvgIpc) is 3.41. The van der Waals surface area contributed by atoms with Crippen LogP contribution in [0, 0.1) is 13.8 Å². The van der Waals surface area contributed by atoms with Crippen molar-refractivity contribution in [3.8, 4) is 5.75 Å². The van der Waals surface area contributed by atoms with Crippen molar-refractivity contribution in [2.75, 3.05) is 18.1 Å². The lowest BCUT2D eigenvalue weighted by atomic mass is 10.1. The van der Waals surface area contributed by atoms with E-state index >= 15 is 0 Å². The van der Waals surface area contributed by atoms with E-state index in [1.807, 2.05) is 73.3 Å². The summed E-state index contributed by atoms with van der Waals surface area (Å²) in [6.45, 7) is 5.97. The standard InChI is InChI=1S/C28H27BrClN3O2/c1-18-14-23(15-19(2)27(18)30)35-13-5-12-32-25-7-4-3-6-24(25)31-28(32)20-16-26(34)33(17-20)22-10-8-21(29)9-11-22/h3-4,6-11,14-15,20H,5,12-13,16-17H2,1-2H3. The summed E-state index contributed by atoms with van der Waals surface area (Å²) in [6, 6.07) is 20.0. The number of ether oxygens (including phenoxy) is 1. The first-order valence-electron chi connectivity index (χ1n) is 11.8. The fourth-order valence-electron chi connectivity index (χ4n) is 4.79. The largest absolute Gasteiger partial charge is 0.494 e. The van der Waals surface area contributed by atoms with Crippen molar-refractivity contribution in [3.05, 3.63) is 87.1 Å². The summed E-state index contributed by atoms with van der Waals surface area (Å²) >= 11 is 9.75. The Bertz CT molecular complexity index is 1360. The highest BCUT2D eigenvalue weighted by molar-refractivity contribution is 9.10. The molecule has 4 aromatic rings. The molecule has 1 saturated heterocycles. The summed E-state index contributed by atoms with van der Waals surface area (Å²) in [4.78, 5) is 19.7. The fourth-order valence-corrected chi connectivity index (χ4v) is 5.17. The van der Waals surface area contributed by atoms with Gasteiger partial charge in [0.2, 0.25) is 5.91 Å². The molecule has 1 aliphatic rings. The Labute approximate surface area is 218 Å². The number of hydrogen-bond donors (Lipinski definition) is 0. The van der Waals surface area contributed by atoms with Gasteiger partial charge in [-0.2, -0.15) is 0 Å². The number of fused-ring (bicyclic) bond motifs is 1. The Hall–Kier alpha value is -2.83. The van der Waals surface area contributed by atoms with Gasteiger partial charge in [-0.1, -0.05) is 39.7 Å². The Morgan fingerprint density at radius 3 is 2.54 bits per heavy atom. The number of para-hydroxylation sites is 2. The second kappa shape index (κ2) is 10.0. The van der Waals surface area contributed by atoms with Crippen molar-refractivity contribution in [1.29, 1.82) is 0 Å². The maximum Gasteiger partial charge on any atom is 0.227 e. The first kappa shape index (κ1) is 23.9. The highest BCUT2D eigenvalue weighted by atomic mass is 79.9. The number of nitrogens with zero attached hydrogens (tertiary/aromatic N) is 3. The van der Waals surface area contributed by atoms with Crippen molar-refractivity contribution in [3.63, 3.8) is 0 Å². The molecule has 180 valence electrons. The van der Waals surface area contributed by atoms with Gasteiger partial charge in [-0.05, 0) is 79.9 Å². The lowest BCUT2D eigenvalue weighted by molar-refractivity contribution is -0.117. The van der Waals surface area contributed by atoms with Gasteiger partial charge in [-0.15, -0.1) is 0 Å². The molecule has 0 spiro atoms. The highest BCUT2D eigenvalue weighted by Crippen LogP contribution is 2.34. The van der Waals surface area contributed by atoms with Crippen molar-refractivity contribution in [2.45, 2.75) is 39.2 Å². The van der Waals surface area contributed by atoms with Crippen LogP contribution >= 0.6 is 27.5 Å². The van der Waals surface area contributed by atoms with Crippen molar-refractivity contribution >= 4 is 50.2 Å². The summed E-state index contributed by atoms with van der Waals surface area (Å²) in [5.41, 5.74) is 5.01. The molecule has 5 nitrogen and oxygen atoms in total. The van der Waals surface area contributed by atoms with Crippen LogP contribution in [-0.2, 0) is 11.3 Å². The summed E-state index contributed by atoms with van der Waals surface area (Å²) in [5.74, 6) is 1.98. The van der Waals surface area contributed by atoms with Crippen molar-refractivity contribution in [1.82, 2.24) is 9.55 Å². The van der Waals surface area contributed by atoms with E-state index in [2.05, 4.69) is 26.6 Å². The molecule has 1 unspecified atom stereocenters. The molecule has 1 aliphatic heterocycles. The predicted molar refractivity (Wildman–Crippen MR) is 145 cm³/mol. The zero-order valence-corrected chi connectivity index (χ0v) is 22.1. The van der Waals surface area contributed by atoms with E-state index < -0.39 is 0 Å². The average molecular weight is 553 g/mol. The van der Waals surface area contributed by atoms with Gasteiger partial charge in [0.25, 0.3) is 0 Å². The van der Waals surface area contributed by atoms with Crippen LogP contribution in [0.4, 0.5) is 5.69 Å². The van der Waals surface area contributed by atoms with Crippen LogP contribution in [-0.4, -0.2) is 28.6 Å². The normalized spacial score (nSPS) is 15.8. The Morgan fingerprint density at radius 1 is 1.09 bits per heavy atom. The Balaban J connectivity index is 1.33. The molecule has 3 aromatic carbocycles. The van der Waals surface area contributed by atoms with Gasteiger partial charge in [0, 0.05) is 40.6 Å². The van der Waals surface area contributed by atoms with Crippen LogP contribution in [0.1, 0.15) is 35.7 Å². The van der Waals surface area contributed by atoms with E-state index in [1.54, 1.807) is 0 Å². The van der Waals surface area contributed by atoms with Crippen molar-refractivity contribution < 1.29 is 9.53 Å². The summed E-state index contributed by atoms with van der Waals surface area (Å²) in [5, 5.41) is 0.787. The topological polar surface area (TPSA) is 47.4 Å². The molecule has 35 heavy (non-hydrogen) atoms. The molecule has 1 atom stereocenters. The minimum Gasteiger partial charge on any atom is -0.494 e. The Kier molecular flexibility index (Phi) is 6.85. The third-order valence-electron chi connectivity index (χ3n) is 6.52. The number of imidazole rings is 1. The molecule has 0 bridgehead atoms. The van der Waals surface area contributed by atoms with Gasteiger partial charge in [0.15, 0.2) is 0 Å². The number of halogens is 2. The van der Waals surface area contributed by atoms with Crippen LogP contribution in [0.2, 0.25) is 5.02 Å². The molecule has 1 aromatic heterocycles. The first-order valence-corrected chi connectivity index (χ1v) is 13.0. The summed E-state index contributed by atoms with van der Waals surface area (Å²) in [7, 11) is 0. The molecule has 1 fully saturated rings. The van der Waals surface area contributed by atoms with E-state index in [-0.39, 0.29) is 11.8 Å². The van der Waals surface area contributed by atoms with Gasteiger partial charge in [-0.3, -0.25) is 4.79 Å². The van der Waals surface area contributed by atoms with E-state index in [0.29, 0.717) is 19.6 Å². The second-order valence-corrected chi connectivity index (χ2v) is 10.4. The third kappa shape index (κ3) is 4.95. The number of benzene rings is 3. The zero-order chi connectivity index (χ0) is 24.5. The monoisotopic (exact) mass is 551 g/mol. The van der Waals surface area contributed by atoms with Crippen LogP contribution in [0.3, 0.4) is 0 Å². The van der Waals surface area contributed by atoms with Crippen molar-refractivity contribution in [2.24, 2.45) is 0 Å². The van der Waals surface area contributed by atoms with E-state index in [9.17, 15) is 4.79 Å². The molecule has 5 rings (SSSR count). The minimum absolute atomic E-state index is 0.0426. The molecule has 7 heteroatoms. The predicted octanol–water partition coefficient (Wildman–Crippen LogP) is 7.06. The quantitative estimate of drug-likeness (QED) is 0.231. The molecule has 1 amide bonds. The van der Waals surface area contributed by atoms with Crippen LogP contribution in [0.15, 0.2) is 65.1 Å². The fraction of sp³-hybridized carbons (Fsp3) is 0.286. The number of anilines is 1. The molecular weight excluding hydrogens is 526 g/mol. The van der Waals surface area contributed by atoms with Crippen LogP contribution in [0.5, 0.6) is 5.75 Å². The maximum atomic E-state index is 12.9. The summed E-state index contributed by atoms with van der Waals surface area (Å²) in [6.07, 6.45) is 1.28. The smallest absolute Gasteiger partial charge is 0.227 e. The van der Waals surface area contributed by atoms with Crippen LogP contribution in [0.25, 0.3) is 11.0 Å². The Morgan fingerprint density at radius 2 is 1.80 bits per heavy atom. The van der Waals surface area contributed by atoms with Gasteiger partial charge < -0.3 is 14.2 Å². The zero-order valence-electron chi connectivity index (χ0n) is 19.8. The van der Waals surface area contributed by atoms with Gasteiger partial charge in [0.05, 0.1) is 17.6 Å².